The zero-order valence-corrected chi connectivity index (χ0v) is 12.7. The van der Waals surface area contributed by atoms with Gasteiger partial charge in [-0.1, -0.05) is 5.16 Å². The van der Waals surface area contributed by atoms with Crippen LogP contribution >= 0.6 is 0 Å². The fourth-order valence-electron chi connectivity index (χ4n) is 2.49. The third kappa shape index (κ3) is 3.65. The van der Waals surface area contributed by atoms with Gasteiger partial charge in [-0.05, 0) is 31.4 Å². The SMILES string of the molecule is Cc1cc([N+](=O)[O-])ccc1OCc1noc(C2CCOCC2)n1. The maximum Gasteiger partial charge on any atom is 0.269 e. The molecular formula is C15H17N3O5. The first-order chi connectivity index (χ1) is 11.1. The van der Waals surface area contributed by atoms with Crippen molar-refractivity contribution in [2.24, 2.45) is 0 Å². The number of nitro groups is 1. The molecule has 1 fully saturated rings. The van der Waals surface area contributed by atoms with Gasteiger partial charge in [0.05, 0.1) is 4.92 Å². The molecule has 0 saturated carbocycles. The third-order valence-corrected chi connectivity index (χ3v) is 3.78. The van der Waals surface area contributed by atoms with Crippen LogP contribution in [0.3, 0.4) is 0 Å². The van der Waals surface area contributed by atoms with Crippen molar-refractivity contribution >= 4 is 5.69 Å². The standard InChI is InChI=1S/C15H17N3O5/c1-10-8-12(18(19)20)2-3-13(10)22-9-14-16-15(23-17-14)11-4-6-21-7-5-11/h2-3,8,11H,4-7,9H2,1H3. The molecular weight excluding hydrogens is 302 g/mol. The molecule has 1 aliphatic rings. The Morgan fingerprint density at radius 2 is 2.17 bits per heavy atom. The Morgan fingerprint density at radius 1 is 1.39 bits per heavy atom. The van der Waals surface area contributed by atoms with Crippen molar-refractivity contribution in [1.82, 2.24) is 10.1 Å². The number of aryl methyl sites for hydroxylation is 1. The highest BCUT2D eigenvalue weighted by atomic mass is 16.6. The van der Waals surface area contributed by atoms with Crippen molar-refractivity contribution in [3.05, 3.63) is 45.6 Å². The Morgan fingerprint density at radius 3 is 2.87 bits per heavy atom. The predicted octanol–water partition coefficient (Wildman–Crippen LogP) is 2.76. The summed E-state index contributed by atoms with van der Waals surface area (Å²) < 4.78 is 16.2. The molecule has 0 unspecified atom stereocenters. The highest BCUT2D eigenvalue weighted by Gasteiger charge is 2.22. The first-order valence-electron chi connectivity index (χ1n) is 7.41. The summed E-state index contributed by atoms with van der Waals surface area (Å²) in [5, 5.41) is 14.6. The number of hydrogen-bond donors (Lipinski definition) is 0. The van der Waals surface area contributed by atoms with E-state index in [0.29, 0.717) is 36.2 Å². The average Bonchev–Trinajstić information content (AvgIpc) is 3.03. The van der Waals surface area contributed by atoms with E-state index < -0.39 is 4.92 Å². The van der Waals surface area contributed by atoms with Gasteiger partial charge >= 0.3 is 0 Å². The molecule has 1 aliphatic heterocycles. The number of nitro benzene ring substituents is 1. The smallest absolute Gasteiger partial charge is 0.269 e. The second-order valence-corrected chi connectivity index (χ2v) is 5.43. The minimum atomic E-state index is -0.434. The molecule has 0 N–H and O–H groups in total. The average molecular weight is 319 g/mol. The third-order valence-electron chi connectivity index (χ3n) is 3.78. The molecule has 122 valence electrons. The summed E-state index contributed by atoms with van der Waals surface area (Å²) in [5.41, 5.74) is 0.726. The molecule has 1 aromatic heterocycles. The molecule has 0 amide bonds. The monoisotopic (exact) mass is 319 g/mol. The highest BCUT2D eigenvalue weighted by Crippen LogP contribution is 2.26. The lowest BCUT2D eigenvalue weighted by molar-refractivity contribution is -0.384. The highest BCUT2D eigenvalue weighted by molar-refractivity contribution is 5.42. The van der Waals surface area contributed by atoms with E-state index in [1.807, 2.05) is 0 Å². The fraction of sp³-hybridized carbons (Fsp3) is 0.467. The Kier molecular flexibility index (Phi) is 4.52. The van der Waals surface area contributed by atoms with E-state index in [1.54, 1.807) is 13.0 Å². The van der Waals surface area contributed by atoms with E-state index in [0.717, 1.165) is 12.8 Å². The summed E-state index contributed by atoms with van der Waals surface area (Å²) >= 11 is 0. The normalized spacial score (nSPS) is 15.5. The van der Waals surface area contributed by atoms with E-state index in [-0.39, 0.29) is 18.2 Å². The van der Waals surface area contributed by atoms with Crippen LogP contribution in [0.5, 0.6) is 5.75 Å². The molecule has 0 bridgehead atoms. The Bertz CT molecular complexity index is 694. The maximum absolute atomic E-state index is 10.7. The number of rotatable bonds is 5. The molecule has 23 heavy (non-hydrogen) atoms. The van der Waals surface area contributed by atoms with Crippen LogP contribution in [0, 0.1) is 17.0 Å². The van der Waals surface area contributed by atoms with E-state index in [2.05, 4.69) is 10.1 Å². The van der Waals surface area contributed by atoms with Crippen LogP contribution in [0.15, 0.2) is 22.7 Å². The molecule has 8 heteroatoms. The molecule has 0 atom stereocenters. The van der Waals surface area contributed by atoms with Crippen LogP contribution in [0.2, 0.25) is 0 Å². The molecule has 0 radical (unpaired) electrons. The van der Waals surface area contributed by atoms with E-state index in [9.17, 15) is 10.1 Å². The van der Waals surface area contributed by atoms with Crippen molar-refractivity contribution in [3.8, 4) is 5.75 Å². The number of hydrogen-bond acceptors (Lipinski definition) is 7. The number of ether oxygens (including phenoxy) is 2. The Labute approximate surface area is 132 Å². The maximum atomic E-state index is 10.7. The molecule has 0 spiro atoms. The lowest BCUT2D eigenvalue weighted by Crippen LogP contribution is -2.14. The van der Waals surface area contributed by atoms with Crippen molar-refractivity contribution in [3.63, 3.8) is 0 Å². The number of benzene rings is 1. The number of aromatic nitrogens is 2. The van der Waals surface area contributed by atoms with Crippen molar-refractivity contribution in [2.75, 3.05) is 13.2 Å². The van der Waals surface area contributed by atoms with Crippen LogP contribution in [-0.2, 0) is 11.3 Å². The van der Waals surface area contributed by atoms with Gasteiger partial charge in [-0.25, -0.2) is 0 Å². The summed E-state index contributed by atoms with van der Waals surface area (Å²) in [4.78, 5) is 14.6. The van der Waals surface area contributed by atoms with Crippen LogP contribution in [0.25, 0.3) is 0 Å². The van der Waals surface area contributed by atoms with Crippen molar-refractivity contribution in [1.29, 1.82) is 0 Å². The van der Waals surface area contributed by atoms with Crippen LogP contribution in [-0.4, -0.2) is 28.3 Å². The minimum Gasteiger partial charge on any atom is -0.485 e. The van der Waals surface area contributed by atoms with Crippen molar-refractivity contribution < 1.29 is 18.9 Å². The fourth-order valence-corrected chi connectivity index (χ4v) is 2.49. The van der Waals surface area contributed by atoms with Gasteiger partial charge in [-0.3, -0.25) is 10.1 Å². The van der Waals surface area contributed by atoms with Gasteiger partial charge in [-0.2, -0.15) is 4.98 Å². The van der Waals surface area contributed by atoms with Gasteiger partial charge in [0, 0.05) is 31.3 Å². The number of nitrogens with zero attached hydrogens (tertiary/aromatic N) is 3. The lowest BCUT2D eigenvalue weighted by Gasteiger charge is -2.17. The lowest BCUT2D eigenvalue weighted by atomic mass is 10.0. The first kappa shape index (κ1) is 15.4. The largest absolute Gasteiger partial charge is 0.485 e. The summed E-state index contributed by atoms with van der Waals surface area (Å²) in [6, 6.07) is 4.46. The second-order valence-electron chi connectivity index (χ2n) is 5.43. The molecule has 8 nitrogen and oxygen atoms in total. The van der Waals surface area contributed by atoms with E-state index >= 15 is 0 Å². The van der Waals surface area contributed by atoms with E-state index in [1.165, 1.54) is 12.1 Å². The van der Waals surface area contributed by atoms with Gasteiger partial charge in [0.2, 0.25) is 11.7 Å². The first-order valence-corrected chi connectivity index (χ1v) is 7.41. The minimum absolute atomic E-state index is 0.0382. The molecule has 2 aromatic rings. The zero-order valence-electron chi connectivity index (χ0n) is 12.7. The molecule has 1 saturated heterocycles. The molecule has 0 aliphatic carbocycles. The summed E-state index contributed by atoms with van der Waals surface area (Å²) in [7, 11) is 0. The Hall–Kier alpha value is -2.48. The van der Waals surface area contributed by atoms with Crippen LogP contribution < -0.4 is 4.74 Å². The number of non-ortho nitro benzene ring substituents is 1. The van der Waals surface area contributed by atoms with Gasteiger partial charge in [-0.15, -0.1) is 0 Å². The Balaban J connectivity index is 1.62. The molecule has 1 aromatic carbocycles. The van der Waals surface area contributed by atoms with E-state index in [4.69, 9.17) is 14.0 Å². The summed E-state index contributed by atoms with van der Waals surface area (Å²) in [5.74, 6) is 1.88. The predicted molar refractivity (Wildman–Crippen MR) is 79.3 cm³/mol. The zero-order chi connectivity index (χ0) is 16.2. The summed E-state index contributed by atoms with van der Waals surface area (Å²) in [6.07, 6.45) is 1.76. The summed E-state index contributed by atoms with van der Waals surface area (Å²) in [6.45, 7) is 3.33. The molecule has 3 rings (SSSR count). The van der Waals surface area contributed by atoms with Crippen LogP contribution in [0.1, 0.15) is 36.0 Å². The van der Waals surface area contributed by atoms with Gasteiger partial charge < -0.3 is 14.0 Å². The van der Waals surface area contributed by atoms with Crippen LogP contribution in [0.4, 0.5) is 5.69 Å². The van der Waals surface area contributed by atoms with Crippen molar-refractivity contribution in [2.45, 2.75) is 32.3 Å². The molecule has 2 heterocycles. The second kappa shape index (κ2) is 6.74. The quantitative estimate of drug-likeness (QED) is 0.617. The topological polar surface area (TPSA) is 101 Å². The van der Waals surface area contributed by atoms with Gasteiger partial charge in [0.15, 0.2) is 6.61 Å². The van der Waals surface area contributed by atoms with Gasteiger partial charge in [0.25, 0.3) is 5.69 Å². The van der Waals surface area contributed by atoms with Gasteiger partial charge in [0.1, 0.15) is 5.75 Å².